The molecule has 1 unspecified atom stereocenters. The molecule has 0 bridgehead atoms. The van der Waals surface area contributed by atoms with Crippen LogP contribution in [0, 0.1) is 5.41 Å². The number of hydrogen-bond donors (Lipinski definition) is 1. The molecule has 0 aliphatic carbocycles. The smallest absolute Gasteiger partial charge is 0.0599 e. The minimum absolute atomic E-state index is 0.260. The molecule has 0 saturated carbocycles. The number of aliphatic hydroxyl groups excluding tert-OH is 1. The first-order valence-electron chi connectivity index (χ1n) is 5.91. The normalized spacial score (nSPS) is 29.4. The number of rotatable bonds is 2. The Hall–Kier alpha value is -0.120. The molecule has 1 aliphatic rings. The van der Waals surface area contributed by atoms with Crippen molar-refractivity contribution in [1.29, 1.82) is 0 Å². The lowest BCUT2D eigenvalue weighted by Gasteiger charge is -2.32. The third-order valence-electron chi connectivity index (χ3n) is 3.32. The van der Waals surface area contributed by atoms with E-state index < -0.39 is 0 Å². The van der Waals surface area contributed by atoms with E-state index in [-0.39, 0.29) is 12.6 Å². The first-order chi connectivity index (χ1) is 6.85. The Labute approximate surface area is 94.1 Å². The summed E-state index contributed by atoms with van der Waals surface area (Å²) in [5, 5.41) is 9.39. The fourth-order valence-corrected chi connectivity index (χ4v) is 2.47. The second kappa shape index (κ2) is 4.81. The van der Waals surface area contributed by atoms with E-state index in [1.165, 1.54) is 0 Å². The summed E-state index contributed by atoms with van der Waals surface area (Å²) in [6.45, 7) is 12.5. The van der Waals surface area contributed by atoms with Crippen molar-refractivity contribution in [3.63, 3.8) is 0 Å². The summed E-state index contributed by atoms with van der Waals surface area (Å²) in [7, 11) is 2.12. The van der Waals surface area contributed by atoms with Gasteiger partial charge in [0.1, 0.15) is 0 Å². The van der Waals surface area contributed by atoms with Crippen LogP contribution in [0.5, 0.6) is 0 Å². The van der Waals surface area contributed by atoms with E-state index >= 15 is 0 Å². The van der Waals surface area contributed by atoms with Crippen molar-refractivity contribution in [2.24, 2.45) is 5.41 Å². The first-order valence-corrected chi connectivity index (χ1v) is 5.91. The maximum atomic E-state index is 9.39. The molecule has 15 heavy (non-hydrogen) atoms. The van der Waals surface area contributed by atoms with Gasteiger partial charge in [0.05, 0.1) is 6.61 Å². The third kappa shape index (κ3) is 3.44. The first kappa shape index (κ1) is 12.9. The van der Waals surface area contributed by atoms with Gasteiger partial charge in [0.2, 0.25) is 0 Å². The van der Waals surface area contributed by atoms with Gasteiger partial charge in [0.15, 0.2) is 0 Å². The van der Waals surface area contributed by atoms with Gasteiger partial charge in [-0.1, -0.05) is 13.8 Å². The van der Waals surface area contributed by atoms with Crippen molar-refractivity contribution in [2.75, 3.05) is 33.3 Å². The highest BCUT2D eigenvalue weighted by Gasteiger charge is 2.32. The van der Waals surface area contributed by atoms with Crippen LogP contribution < -0.4 is 0 Å². The van der Waals surface area contributed by atoms with Gasteiger partial charge in [-0.3, -0.25) is 9.80 Å². The topological polar surface area (TPSA) is 26.7 Å². The van der Waals surface area contributed by atoms with Crippen LogP contribution in [0.4, 0.5) is 0 Å². The average Bonchev–Trinajstić information content (AvgIpc) is 2.20. The van der Waals surface area contributed by atoms with Crippen molar-refractivity contribution in [1.82, 2.24) is 9.80 Å². The molecule has 0 spiro atoms. The number of hydrogen-bond acceptors (Lipinski definition) is 3. The lowest BCUT2D eigenvalue weighted by atomic mass is 9.92. The summed E-state index contributed by atoms with van der Waals surface area (Å²) in [5.41, 5.74) is 0.308. The fourth-order valence-electron chi connectivity index (χ4n) is 2.47. The molecule has 0 amide bonds. The van der Waals surface area contributed by atoms with E-state index in [0.29, 0.717) is 11.5 Å². The highest BCUT2D eigenvalue weighted by Crippen LogP contribution is 2.24. The van der Waals surface area contributed by atoms with Crippen LogP contribution in [0.15, 0.2) is 0 Å². The quantitative estimate of drug-likeness (QED) is 0.744. The Kier molecular flexibility index (Phi) is 4.15. The van der Waals surface area contributed by atoms with Gasteiger partial charge in [-0.15, -0.1) is 0 Å². The van der Waals surface area contributed by atoms with Crippen molar-refractivity contribution >= 4 is 0 Å². The molecule has 1 rings (SSSR count). The zero-order chi connectivity index (χ0) is 11.6. The second-order valence-corrected chi connectivity index (χ2v) is 5.94. The molecule has 1 aliphatic heterocycles. The van der Waals surface area contributed by atoms with Crippen molar-refractivity contribution in [2.45, 2.75) is 39.8 Å². The lowest BCUT2D eigenvalue weighted by Crippen LogP contribution is -2.43. The van der Waals surface area contributed by atoms with E-state index in [1.54, 1.807) is 0 Å². The molecule has 1 N–H and O–H groups in total. The highest BCUT2D eigenvalue weighted by atomic mass is 16.3. The second-order valence-electron chi connectivity index (χ2n) is 5.94. The van der Waals surface area contributed by atoms with Gasteiger partial charge in [-0.25, -0.2) is 0 Å². The summed E-state index contributed by atoms with van der Waals surface area (Å²) in [5.74, 6) is 0. The molecule has 1 atom stereocenters. The van der Waals surface area contributed by atoms with Gasteiger partial charge >= 0.3 is 0 Å². The van der Waals surface area contributed by atoms with Crippen LogP contribution in [-0.2, 0) is 0 Å². The van der Waals surface area contributed by atoms with Crippen LogP contribution in [0.25, 0.3) is 0 Å². The molecule has 90 valence electrons. The monoisotopic (exact) mass is 214 g/mol. The fraction of sp³-hybridized carbons (Fsp3) is 1.00. The van der Waals surface area contributed by atoms with Crippen LogP contribution in [0.1, 0.15) is 27.7 Å². The van der Waals surface area contributed by atoms with Crippen LogP contribution in [0.2, 0.25) is 0 Å². The predicted octanol–water partition coefficient (Wildman–Crippen LogP) is 1.03. The molecule has 1 saturated heterocycles. The zero-order valence-electron chi connectivity index (χ0n) is 10.8. The molecule has 0 aromatic rings. The van der Waals surface area contributed by atoms with Crippen molar-refractivity contribution in [3.05, 3.63) is 0 Å². The Morgan fingerprint density at radius 1 is 1.33 bits per heavy atom. The van der Waals surface area contributed by atoms with E-state index in [1.807, 2.05) is 0 Å². The van der Waals surface area contributed by atoms with Crippen LogP contribution in [-0.4, -0.2) is 60.3 Å². The van der Waals surface area contributed by atoms with Gasteiger partial charge < -0.3 is 5.11 Å². The standard InChI is InChI=1S/C12H26N2O/c1-10(2)14-6-11(7-15)13(5)8-12(3,4)9-14/h10-11,15H,6-9H2,1-5H3. The Bertz CT molecular complexity index is 204. The van der Waals surface area contributed by atoms with Gasteiger partial charge in [-0.2, -0.15) is 0 Å². The van der Waals surface area contributed by atoms with Crippen LogP contribution in [0.3, 0.4) is 0 Å². The van der Waals surface area contributed by atoms with Gasteiger partial charge in [0, 0.05) is 31.7 Å². The molecule has 0 radical (unpaired) electrons. The Morgan fingerprint density at radius 3 is 2.40 bits per heavy atom. The number of aliphatic hydroxyl groups is 1. The molecule has 1 fully saturated rings. The molecular weight excluding hydrogens is 188 g/mol. The third-order valence-corrected chi connectivity index (χ3v) is 3.32. The van der Waals surface area contributed by atoms with E-state index in [0.717, 1.165) is 19.6 Å². The molecule has 3 nitrogen and oxygen atoms in total. The maximum Gasteiger partial charge on any atom is 0.0599 e. The predicted molar refractivity (Wildman–Crippen MR) is 64.0 cm³/mol. The maximum absolute atomic E-state index is 9.39. The lowest BCUT2D eigenvalue weighted by molar-refractivity contribution is 0.120. The van der Waals surface area contributed by atoms with E-state index in [4.69, 9.17) is 0 Å². The molecular formula is C12H26N2O. The zero-order valence-corrected chi connectivity index (χ0v) is 10.8. The van der Waals surface area contributed by atoms with Gasteiger partial charge in [0.25, 0.3) is 0 Å². The summed E-state index contributed by atoms with van der Waals surface area (Å²) < 4.78 is 0. The van der Waals surface area contributed by atoms with Gasteiger partial charge in [-0.05, 0) is 26.3 Å². The molecule has 3 heteroatoms. The van der Waals surface area contributed by atoms with Crippen molar-refractivity contribution in [3.8, 4) is 0 Å². The molecule has 0 aromatic carbocycles. The van der Waals surface area contributed by atoms with Crippen LogP contribution >= 0.6 is 0 Å². The Morgan fingerprint density at radius 2 is 1.93 bits per heavy atom. The SMILES string of the molecule is CC(C)N1CC(CO)N(C)CC(C)(C)C1. The van der Waals surface area contributed by atoms with E-state index in [2.05, 4.69) is 44.5 Å². The molecule has 1 heterocycles. The summed E-state index contributed by atoms with van der Waals surface area (Å²) in [6, 6.07) is 0.846. The minimum atomic E-state index is 0.260. The van der Waals surface area contributed by atoms with E-state index in [9.17, 15) is 5.11 Å². The highest BCUT2D eigenvalue weighted by molar-refractivity contribution is 4.87. The van der Waals surface area contributed by atoms with Crippen molar-refractivity contribution < 1.29 is 5.11 Å². The largest absolute Gasteiger partial charge is 0.395 e. The summed E-state index contributed by atoms with van der Waals surface area (Å²) in [4.78, 5) is 4.77. The Balaban J connectivity index is 2.78. The number of nitrogens with zero attached hydrogens (tertiary/aromatic N) is 2. The average molecular weight is 214 g/mol. The summed E-state index contributed by atoms with van der Waals surface area (Å²) >= 11 is 0. The number of likely N-dealkylation sites (N-methyl/N-ethyl adjacent to an activating group) is 1. The minimum Gasteiger partial charge on any atom is -0.395 e. The summed E-state index contributed by atoms with van der Waals surface area (Å²) in [6.07, 6.45) is 0. The molecule has 0 aromatic heterocycles.